The van der Waals surface area contributed by atoms with E-state index in [0.29, 0.717) is 0 Å². The van der Waals surface area contributed by atoms with Crippen LogP contribution in [0.15, 0.2) is 30.3 Å². The molecule has 0 aliphatic carbocycles. The minimum Gasteiger partial charge on any atom is -0.360 e. The average molecular weight is 181 g/mol. The lowest BCUT2D eigenvalue weighted by atomic mass is 10.3. The normalized spacial score (nSPS) is 12.6. The number of para-hydroxylation sites is 1. The number of anilines is 1. The molecule has 1 aromatic rings. The lowest BCUT2D eigenvalue weighted by Crippen LogP contribution is -2.28. The number of nitrogens with zero attached hydrogens (tertiary/aromatic N) is 1. The van der Waals surface area contributed by atoms with Crippen molar-refractivity contribution < 1.29 is 0 Å². The summed E-state index contributed by atoms with van der Waals surface area (Å²) in [6, 6.07) is 10.3. The highest BCUT2D eigenvalue weighted by atomic mass is 32.1. The van der Waals surface area contributed by atoms with Crippen LogP contribution in [0.2, 0.25) is 0 Å². The standard InChI is InChI=1S/C10H15NS/c1-3-11(9(2)12)10-7-5-4-6-8-10/h4-9,12H,3H2,1-2H3. The molecule has 1 unspecified atom stereocenters. The quantitative estimate of drug-likeness (QED) is 0.554. The van der Waals surface area contributed by atoms with Gasteiger partial charge in [-0.3, -0.25) is 0 Å². The smallest absolute Gasteiger partial charge is 0.0693 e. The van der Waals surface area contributed by atoms with Gasteiger partial charge in [0.2, 0.25) is 0 Å². The Morgan fingerprint density at radius 3 is 2.33 bits per heavy atom. The summed E-state index contributed by atoms with van der Waals surface area (Å²) in [4.78, 5) is 2.24. The van der Waals surface area contributed by atoms with E-state index in [1.54, 1.807) is 0 Å². The molecule has 1 atom stereocenters. The van der Waals surface area contributed by atoms with Crippen molar-refractivity contribution in [1.82, 2.24) is 0 Å². The van der Waals surface area contributed by atoms with Crippen LogP contribution in [0, 0.1) is 0 Å². The van der Waals surface area contributed by atoms with Crippen molar-refractivity contribution in [2.45, 2.75) is 19.2 Å². The Bertz CT molecular complexity index is 221. The molecule has 0 saturated heterocycles. The van der Waals surface area contributed by atoms with Gasteiger partial charge in [0.25, 0.3) is 0 Å². The van der Waals surface area contributed by atoms with Gasteiger partial charge >= 0.3 is 0 Å². The lowest BCUT2D eigenvalue weighted by molar-refractivity contribution is 0.827. The predicted molar refractivity (Wildman–Crippen MR) is 57.9 cm³/mol. The van der Waals surface area contributed by atoms with Crippen LogP contribution in [0.25, 0.3) is 0 Å². The maximum atomic E-state index is 4.41. The topological polar surface area (TPSA) is 3.24 Å². The van der Waals surface area contributed by atoms with Gasteiger partial charge in [-0.2, -0.15) is 12.6 Å². The third kappa shape index (κ3) is 2.18. The molecule has 0 spiro atoms. The molecule has 66 valence electrons. The monoisotopic (exact) mass is 181 g/mol. The van der Waals surface area contributed by atoms with Crippen molar-refractivity contribution in [3.05, 3.63) is 30.3 Å². The average Bonchev–Trinajstić information content (AvgIpc) is 2.07. The molecule has 0 amide bonds. The second kappa shape index (κ2) is 4.41. The van der Waals surface area contributed by atoms with Gasteiger partial charge in [0.05, 0.1) is 5.37 Å². The van der Waals surface area contributed by atoms with E-state index >= 15 is 0 Å². The Hall–Kier alpha value is -0.630. The molecular weight excluding hydrogens is 166 g/mol. The van der Waals surface area contributed by atoms with Gasteiger partial charge in [0, 0.05) is 12.2 Å². The fourth-order valence-corrected chi connectivity index (χ4v) is 1.58. The summed E-state index contributed by atoms with van der Waals surface area (Å²) < 4.78 is 0. The zero-order valence-electron chi connectivity index (χ0n) is 7.57. The van der Waals surface area contributed by atoms with Crippen LogP contribution in [0.1, 0.15) is 13.8 Å². The Kier molecular flexibility index (Phi) is 3.48. The van der Waals surface area contributed by atoms with Gasteiger partial charge in [-0.1, -0.05) is 18.2 Å². The number of rotatable bonds is 3. The maximum Gasteiger partial charge on any atom is 0.0693 e. The summed E-state index contributed by atoms with van der Waals surface area (Å²) in [7, 11) is 0. The molecule has 0 radical (unpaired) electrons. The minimum atomic E-state index is 0.275. The molecule has 0 aromatic heterocycles. The van der Waals surface area contributed by atoms with Crippen LogP contribution >= 0.6 is 12.6 Å². The van der Waals surface area contributed by atoms with E-state index < -0.39 is 0 Å². The Morgan fingerprint density at radius 1 is 1.33 bits per heavy atom. The molecule has 0 bridgehead atoms. The van der Waals surface area contributed by atoms with Crippen LogP contribution in [0.3, 0.4) is 0 Å². The molecule has 0 saturated carbocycles. The van der Waals surface area contributed by atoms with Crippen molar-refractivity contribution in [2.24, 2.45) is 0 Å². The molecule has 0 N–H and O–H groups in total. The first-order valence-electron chi connectivity index (χ1n) is 4.25. The Labute approximate surface area is 79.8 Å². The first kappa shape index (κ1) is 9.46. The number of hydrogen-bond acceptors (Lipinski definition) is 2. The molecule has 2 heteroatoms. The van der Waals surface area contributed by atoms with E-state index in [4.69, 9.17) is 0 Å². The van der Waals surface area contributed by atoms with E-state index in [9.17, 15) is 0 Å². The molecule has 1 aromatic carbocycles. The SMILES string of the molecule is CCN(c1ccccc1)C(C)S. The highest BCUT2D eigenvalue weighted by Gasteiger charge is 2.06. The zero-order chi connectivity index (χ0) is 8.97. The maximum absolute atomic E-state index is 4.41. The lowest BCUT2D eigenvalue weighted by Gasteiger charge is -2.26. The molecule has 0 aliphatic rings. The molecule has 0 aliphatic heterocycles. The van der Waals surface area contributed by atoms with Gasteiger partial charge in [-0.05, 0) is 26.0 Å². The molecule has 0 heterocycles. The van der Waals surface area contributed by atoms with E-state index in [0.717, 1.165) is 6.54 Å². The highest BCUT2D eigenvalue weighted by Crippen LogP contribution is 2.17. The van der Waals surface area contributed by atoms with Gasteiger partial charge in [-0.25, -0.2) is 0 Å². The van der Waals surface area contributed by atoms with Gasteiger partial charge in [0.1, 0.15) is 0 Å². The summed E-state index contributed by atoms with van der Waals surface area (Å²) in [5.74, 6) is 0. The minimum absolute atomic E-state index is 0.275. The van der Waals surface area contributed by atoms with E-state index in [2.05, 4.69) is 43.5 Å². The fourth-order valence-electron chi connectivity index (χ4n) is 1.28. The number of benzene rings is 1. The van der Waals surface area contributed by atoms with E-state index in [-0.39, 0.29) is 5.37 Å². The van der Waals surface area contributed by atoms with E-state index in [1.807, 2.05) is 18.2 Å². The van der Waals surface area contributed by atoms with Crippen LogP contribution in [0.4, 0.5) is 5.69 Å². The highest BCUT2D eigenvalue weighted by molar-refractivity contribution is 7.81. The summed E-state index contributed by atoms with van der Waals surface area (Å²) in [6.07, 6.45) is 0. The van der Waals surface area contributed by atoms with Gasteiger partial charge < -0.3 is 4.90 Å². The van der Waals surface area contributed by atoms with Crippen LogP contribution in [-0.2, 0) is 0 Å². The zero-order valence-corrected chi connectivity index (χ0v) is 8.46. The van der Waals surface area contributed by atoms with Crippen molar-refractivity contribution in [3.63, 3.8) is 0 Å². The predicted octanol–water partition coefficient (Wildman–Crippen LogP) is 2.79. The van der Waals surface area contributed by atoms with Crippen molar-refractivity contribution in [1.29, 1.82) is 0 Å². The first-order valence-corrected chi connectivity index (χ1v) is 4.77. The summed E-state index contributed by atoms with van der Waals surface area (Å²) in [5, 5.41) is 0.275. The largest absolute Gasteiger partial charge is 0.360 e. The fraction of sp³-hybridized carbons (Fsp3) is 0.400. The van der Waals surface area contributed by atoms with Crippen molar-refractivity contribution in [3.8, 4) is 0 Å². The number of thiol groups is 1. The first-order chi connectivity index (χ1) is 5.75. The summed E-state index contributed by atoms with van der Waals surface area (Å²) >= 11 is 4.41. The van der Waals surface area contributed by atoms with Crippen LogP contribution in [-0.4, -0.2) is 11.9 Å². The molecule has 0 fully saturated rings. The van der Waals surface area contributed by atoms with Crippen LogP contribution < -0.4 is 4.90 Å². The third-order valence-corrected chi connectivity index (χ3v) is 2.16. The molecular formula is C10H15NS. The third-order valence-electron chi connectivity index (χ3n) is 1.88. The van der Waals surface area contributed by atoms with E-state index in [1.165, 1.54) is 5.69 Å². The number of hydrogen-bond donors (Lipinski definition) is 1. The van der Waals surface area contributed by atoms with Gasteiger partial charge in [0.15, 0.2) is 0 Å². The molecule has 12 heavy (non-hydrogen) atoms. The summed E-state index contributed by atoms with van der Waals surface area (Å²) in [6.45, 7) is 5.22. The summed E-state index contributed by atoms with van der Waals surface area (Å²) in [5.41, 5.74) is 1.24. The van der Waals surface area contributed by atoms with Crippen molar-refractivity contribution >= 4 is 18.3 Å². The Morgan fingerprint density at radius 2 is 1.92 bits per heavy atom. The van der Waals surface area contributed by atoms with Crippen LogP contribution in [0.5, 0.6) is 0 Å². The second-order valence-electron chi connectivity index (χ2n) is 2.75. The Balaban J connectivity index is 2.80. The molecule has 1 rings (SSSR count). The van der Waals surface area contributed by atoms with Crippen molar-refractivity contribution in [2.75, 3.05) is 11.4 Å². The second-order valence-corrected chi connectivity index (χ2v) is 3.50. The molecule has 1 nitrogen and oxygen atoms in total. The van der Waals surface area contributed by atoms with Gasteiger partial charge in [-0.15, -0.1) is 0 Å².